The molecule has 2 atom stereocenters. The molecule has 0 unspecified atom stereocenters. The Labute approximate surface area is 138 Å². The van der Waals surface area contributed by atoms with Crippen molar-refractivity contribution >= 4 is 23.5 Å². The van der Waals surface area contributed by atoms with Gasteiger partial charge in [0.05, 0.1) is 10.6 Å². The van der Waals surface area contributed by atoms with Gasteiger partial charge in [-0.15, -0.1) is 0 Å². The van der Waals surface area contributed by atoms with Crippen LogP contribution in [0, 0.1) is 17.6 Å². The fraction of sp³-hybridized carbons (Fsp3) is 0.500. The average Bonchev–Trinajstić information content (AvgIpc) is 2.51. The number of esters is 1. The van der Waals surface area contributed by atoms with Crippen LogP contribution in [0.5, 0.6) is 0 Å². The van der Waals surface area contributed by atoms with Crippen LogP contribution in [-0.2, 0) is 9.53 Å². The Morgan fingerprint density at radius 3 is 2.61 bits per heavy atom. The second-order valence-corrected chi connectivity index (χ2v) is 6.17. The quantitative estimate of drug-likeness (QED) is 0.671. The maximum absolute atomic E-state index is 13.1. The molecule has 1 aromatic rings. The van der Waals surface area contributed by atoms with Gasteiger partial charge in [0.1, 0.15) is 0 Å². The summed E-state index contributed by atoms with van der Waals surface area (Å²) in [6, 6.07) is 1.42. The van der Waals surface area contributed by atoms with Crippen LogP contribution >= 0.6 is 11.6 Å². The lowest BCUT2D eigenvalue weighted by atomic mass is 9.86. The first-order valence-corrected chi connectivity index (χ1v) is 7.87. The minimum Gasteiger partial charge on any atom is -0.452 e. The largest absolute Gasteiger partial charge is 0.452 e. The van der Waals surface area contributed by atoms with E-state index >= 15 is 0 Å². The number of benzene rings is 1. The number of ether oxygens (including phenoxy) is 1. The fourth-order valence-corrected chi connectivity index (χ4v) is 2.89. The zero-order valence-corrected chi connectivity index (χ0v) is 13.5. The van der Waals surface area contributed by atoms with Gasteiger partial charge in [0.25, 0.3) is 5.91 Å². The van der Waals surface area contributed by atoms with Gasteiger partial charge in [0.15, 0.2) is 18.2 Å². The summed E-state index contributed by atoms with van der Waals surface area (Å²) in [7, 11) is 0. The summed E-state index contributed by atoms with van der Waals surface area (Å²) in [5.74, 6) is -3.38. The summed E-state index contributed by atoms with van der Waals surface area (Å²) in [6.45, 7) is 1.58. The fourth-order valence-electron chi connectivity index (χ4n) is 2.67. The Bertz CT molecular complexity index is 609. The van der Waals surface area contributed by atoms with Crippen LogP contribution in [0.3, 0.4) is 0 Å². The minimum atomic E-state index is -1.21. The third kappa shape index (κ3) is 4.64. The van der Waals surface area contributed by atoms with Crippen molar-refractivity contribution in [1.82, 2.24) is 5.32 Å². The molecule has 1 aliphatic carbocycles. The maximum Gasteiger partial charge on any atom is 0.340 e. The molecule has 0 spiro atoms. The topological polar surface area (TPSA) is 55.4 Å². The number of rotatable bonds is 4. The first kappa shape index (κ1) is 17.7. The van der Waals surface area contributed by atoms with Gasteiger partial charge in [-0.1, -0.05) is 31.4 Å². The van der Waals surface area contributed by atoms with Crippen LogP contribution < -0.4 is 5.32 Å². The number of carbonyl (C=O) groups is 2. The highest BCUT2D eigenvalue weighted by Gasteiger charge is 2.23. The van der Waals surface area contributed by atoms with Gasteiger partial charge in [-0.05, 0) is 30.9 Å². The summed E-state index contributed by atoms with van der Waals surface area (Å²) in [5.41, 5.74) is -0.315. The van der Waals surface area contributed by atoms with E-state index in [1.165, 1.54) is 0 Å². The van der Waals surface area contributed by atoms with Crippen molar-refractivity contribution in [2.24, 2.45) is 5.92 Å². The van der Waals surface area contributed by atoms with Crippen molar-refractivity contribution in [3.63, 3.8) is 0 Å². The highest BCUT2D eigenvalue weighted by atomic mass is 35.5. The number of hydrogen-bond acceptors (Lipinski definition) is 3. The Hall–Kier alpha value is -1.69. The number of carbonyl (C=O) groups excluding carboxylic acids is 2. The van der Waals surface area contributed by atoms with E-state index in [0.29, 0.717) is 18.1 Å². The van der Waals surface area contributed by atoms with E-state index in [-0.39, 0.29) is 16.6 Å². The molecule has 1 aromatic carbocycles. The standard InChI is InChI=1S/C16H18ClF2NO3/c1-9-4-2-3-5-14(9)20-15(21)8-23-16(22)10-6-12(18)13(19)7-11(10)17/h6-7,9,14H,2-5,8H2,1H3,(H,20,21)/t9-,14+/m0/s1. The summed E-state index contributed by atoms with van der Waals surface area (Å²) in [4.78, 5) is 23.7. The number of nitrogens with one attached hydrogen (secondary N) is 1. The van der Waals surface area contributed by atoms with E-state index in [1.54, 1.807) is 0 Å². The van der Waals surface area contributed by atoms with Gasteiger partial charge in [0.2, 0.25) is 0 Å². The smallest absolute Gasteiger partial charge is 0.340 e. The Morgan fingerprint density at radius 2 is 1.91 bits per heavy atom. The first-order chi connectivity index (χ1) is 10.9. The van der Waals surface area contributed by atoms with Gasteiger partial charge in [-0.2, -0.15) is 0 Å². The molecule has 0 aliphatic heterocycles. The summed E-state index contributed by atoms with van der Waals surface area (Å²) >= 11 is 5.68. The Kier molecular flexibility index (Phi) is 5.93. The molecule has 1 saturated carbocycles. The lowest BCUT2D eigenvalue weighted by Gasteiger charge is -2.29. The Morgan fingerprint density at radius 1 is 1.26 bits per heavy atom. The predicted octanol–water partition coefficient (Wildman–Crippen LogP) is 3.47. The second-order valence-electron chi connectivity index (χ2n) is 5.76. The molecule has 0 saturated heterocycles. The van der Waals surface area contributed by atoms with E-state index in [0.717, 1.165) is 25.7 Å². The monoisotopic (exact) mass is 345 g/mol. The normalized spacial score (nSPS) is 20.9. The maximum atomic E-state index is 13.1. The molecule has 23 heavy (non-hydrogen) atoms. The van der Waals surface area contributed by atoms with E-state index < -0.39 is 30.1 Å². The SMILES string of the molecule is C[C@H]1CCCC[C@H]1NC(=O)COC(=O)c1cc(F)c(F)cc1Cl. The molecular formula is C16H18ClF2NO3. The number of amides is 1. The highest BCUT2D eigenvalue weighted by molar-refractivity contribution is 6.33. The van der Waals surface area contributed by atoms with Crippen molar-refractivity contribution in [3.8, 4) is 0 Å². The third-order valence-corrected chi connectivity index (χ3v) is 4.33. The summed E-state index contributed by atoms with van der Waals surface area (Å²) in [5, 5.41) is 2.56. The molecule has 4 nitrogen and oxygen atoms in total. The second kappa shape index (κ2) is 7.73. The molecule has 0 aromatic heterocycles. The molecule has 0 bridgehead atoms. The molecule has 0 radical (unpaired) electrons. The molecule has 0 heterocycles. The van der Waals surface area contributed by atoms with Gasteiger partial charge in [0, 0.05) is 6.04 Å². The van der Waals surface area contributed by atoms with E-state index in [1.807, 2.05) is 0 Å². The number of halogens is 3. The molecule has 1 amide bonds. The predicted molar refractivity (Wildman–Crippen MR) is 81.2 cm³/mol. The van der Waals surface area contributed by atoms with Crippen molar-refractivity contribution in [3.05, 3.63) is 34.4 Å². The van der Waals surface area contributed by atoms with E-state index in [2.05, 4.69) is 12.2 Å². The minimum absolute atomic E-state index is 0.0711. The Balaban J connectivity index is 1.89. The number of hydrogen-bond donors (Lipinski definition) is 1. The van der Waals surface area contributed by atoms with Crippen molar-refractivity contribution in [2.45, 2.75) is 38.6 Å². The first-order valence-electron chi connectivity index (χ1n) is 7.49. The average molecular weight is 346 g/mol. The van der Waals surface area contributed by atoms with Crippen molar-refractivity contribution in [2.75, 3.05) is 6.61 Å². The van der Waals surface area contributed by atoms with Crippen LogP contribution in [0.25, 0.3) is 0 Å². The van der Waals surface area contributed by atoms with Gasteiger partial charge in [-0.3, -0.25) is 4.79 Å². The molecule has 126 valence electrons. The lowest BCUT2D eigenvalue weighted by molar-refractivity contribution is -0.125. The summed E-state index contributed by atoms with van der Waals surface area (Å²) < 4.78 is 30.9. The van der Waals surface area contributed by atoms with Gasteiger partial charge >= 0.3 is 5.97 Å². The molecule has 1 aliphatic rings. The zero-order chi connectivity index (χ0) is 17.0. The van der Waals surface area contributed by atoms with Crippen LogP contribution in [-0.4, -0.2) is 24.5 Å². The zero-order valence-electron chi connectivity index (χ0n) is 12.7. The third-order valence-electron chi connectivity index (χ3n) is 4.02. The molecule has 1 fully saturated rings. The lowest BCUT2D eigenvalue weighted by Crippen LogP contribution is -2.42. The van der Waals surface area contributed by atoms with Gasteiger partial charge < -0.3 is 10.1 Å². The van der Waals surface area contributed by atoms with E-state index in [4.69, 9.17) is 16.3 Å². The molecule has 1 N–H and O–H groups in total. The van der Waals surface area contributed by atoms with Gasteiger partial charge in [-0.25, -0.2) is 13.6 Å². The van der Waals surface area contributed by atoms with Crippen LogP contribution in [0.15, 0.2) is 12.1 Å². The van der Waals surface area contributed by atoms with Crippen molar-refractivity contribution < 1.29 is 23.1 Å². The molecular weight excluding hydrogens is 328 g/mol. The van der Waals surface area contributed by atoms with Crippen LogP contribution in [0.4, 0.5) is 8.78 Å². The molecule has 7 heteroatoms. The highest BCUT2D eigenvalue weighted by Crippen LogP contribution is 2.24. The summed E-state index contributed by atoms with van der Waals surface area (Å²) in [6.07, 6.45) is 4.15. The van der Waals surface area contributed by atoms with E-state index in [9.17, 15) is 18.4 Å². The van der Waals surface area contributed by atoms with Crippen LogP contribution in [0.2, 0.25) is 5.02 Å². The van der Waals surface area contributed by atoms with Crippen molar-refractivity contribution in [1.29, 1.82) is 0 Å². The van der Waals surface area contributed by atoms with Crippen LogP contribution in [0.1, 0.15) is 43.0 Å². The molecule has 2 rings (SSSR count).